The minimum atomic E-state index is -0.206. The Balaban J connectivity index is 2.13. The highest BCUT2D eigenvalue weighted by molar-refractivity contribution is 6.34. The van der Waals surface area contributed by atoms with Crippen LogP contribution in [0.2, 0.25) is 5.02 Å². The standard InChI is InChI=1S/C14H15ClN2O2/c1-9-5-6-19-13(9)8-17-10-3-4-12(15)11(7-10)14(18)16-2/h3-7,17H,8H2,1-2H3,(H,16,18). The van der Waals surface area contributed by atoms with E-state index >= 15 is 0 Å². The maximum atomic E-state index is 11.6. The molecule has 1 aromatic carbocycles. The molecule has 0 spiro atoms. The van der Waals surface area contributed by atoms with Crippen LogP contribution in [0.4, 0.5) is 5.69 Å². The van der Waals surface area contributed by atoms with Crippen LogP contribution >= 0.6 is 11.6 Å². The van der Waals surface area contributed by atoms with E-state index in [4.69, 9.17) is 16.0 Å². The van der Waals surface area contributed by atoms with E-state index in [2.05, 4.69) is 10.6 Å². The lowest BCUT2D eigenvalue weighted by Gasteiger charge is -2.08. The van der Waals surface area contributed by atoms with Crippen molar-refractivity contribution in [3.05, 3.63) is 52.4 Å². The minimum absolute atomic E-state index is 0.206. The number of hydrogen-bond donors (Lipinski definition) is 2. The average Bonchev–Trinajstić information content (AvgIpc) is 2.82. The maximum Gasteiger partial charge on any atom is 0.252 e. The lowest BCUT2D eigenvalue weighted by atomic mass is 10.2. The number of carbonyl (C=O) groups excluding carboxylic acids is 1. The zero-order valence-corrected chi connectivity index (χ0v) is 11.5. The van der Waals surface area contributed by atoms with E-state index in [1.807, 2.05) is 19.1 Å². The Morgan fingerprint density at radius 3 is 2.79 bits per heavy atom. The normalized spacial score (nSPS) is 10.3. The molecule has 19 heavy (non-hydrogen) atoms. The van der Waals surface area contributed by atoms with Crippen molar-refractivity contribution in [2.45, 2.75) is 13.5 Å². The molecule has 0 radical (unpaired) electrons. The summed E-state index contributed by atoms with van der Waals surface area (Å²) in [6, 6.07) is 7.16. The number of aryl methyl sites for hydroxylation is 1. The van der Waals surface area contributed by atoms with Gasteiger partial charge in [0.2, 0.25) is 0 Å². The molecule has 1 heterocycles. The van der Waals surface area contributed by atoms with E-state index < -0.39 is 0 Å². The van der Waals surface area contributed by atoms with Crippen LogP contribution in [0.5, 0.6) is 0 Å². The Labute approximate surface area is 116 Å². The topological polar surface area (TPSA) is 54.3 Å². The van der Waals surface area contributed by atoms with E-state index in [-0.39, 0.29) is 5.91 Å². The van der Waals surface area contributed by atoms with Crippen molar-refractivity contribution < 1.29 is 9.21 Å². The first-order valence-corrected chi connectivity index (χ1v) is 6.28. The van der Waals surface area contributed by atoms with Crippen molar-refractivity contribution in [3.63, 3.8) is 0 Å². The summed E-state index contributed by atoms with van der Waals surface area (Å²) in [5, 5.41) is 6.19. The lowest BCUT2D eigenvalue weighted by molar-refractivity contribution is 0.0963. The monoisotopic (exact) mass is 278 g/mol. The average molecular weight is 279 g/mol. The fourth-order valence-electron chi connectivity index (χ4n) is 1.71. The van der Waals surface area contributed by atoms with Gasteiger partial charge in [-0.25, -0.2) is 0 Å². The first-order chi connectivity index (χ1) is 9.11. The van der Waals surface area contributed by atoms with Gasteiger partial charge in [-0.2, -0.15) is 0 Å². The summed E-state index contributed by atoms with van der Waals surface area (Å²) in [5.41, 5.74) is 2.36. The molecule has 0 atom stereocenters. The summed E-state index contributed by atoms with van der Waals surface area (Å²) in [5.74, 6) is 0.666. The van der Waals surface area contributed by atoms with Crippen LogP contribution in [0.15, 0.2) is 34.9 Å². The third-order valence-corrected chi connectivity index (χ3v) is 3.19. The number of rotatable bonds is 4. The Morgan fingerprint density at radius 1 is 1.37 bits per heavy atom. The predicted molar refractivity (Wildman–Crippen MR) is 75.6 cm³/mol. The van der Waals surface area contributed by atoms with Crippen LogP contribution < -0.4 is 10.6 Å². The molecule has 0 aliphatic carbocycles. The molecule has 0 aliphatic heterocycles. The molecule has 2 aromatic rings. The summed E-state index contributed by atoms with van der Waals surface area (Å²) in [4.78, 5) is 11.6. The van der Waals surface area contributed by atoms with Crippen LogP contribution in [0.3, 0.4) is 0 Å². The Kier molecular flexibility index (Phi) is 4.12. The molecule has 4 nitrogen and oxygen atoms in total. The Hall–Kier alpha value is -1.94. The maximum absolute atomic E-state index is 11.6. The molecule has 5 heteroatoms. The lowest BCUT2D eigenvalue weighted by Crippen LogP contribution is -2.18. The number of carbonyl (C=O) groups is 1. The van der Waals surface area contributed by atoms with Crippen molar-refractivity contribution in [1.29, 1.82) is 0 Å². The molecule has 2 rings (SSSR count). The van der Waals surface area contributed by atoms with E-state index in [1.165, 1.54) is 0 Å². The van der Waals surface area contributed by atoms with Crippen LogP contribution in [-0.2, 0) is 6.54 Å². The molecule has 0 saturated carbocycles. The van der Waals surface area contributed by atoms with Crippen molar-refractivity contribution in [1.82, 2.24) is 5.32 Å². The third kappa shape index (κ3) is 3.09. The second kappa shape index (κ2) is 5.80. The number of hydrogen-bond acceptors (Lipinski definition) is 3. The first-order valence-electron chi connectivity index (χ1n) is 5.90. The number of halogens is 1. The van der Waals surface area contributed by atoms with Gasteiger partial charge in [-0.3, -0.25) is 4.79 Å². The number of nitrogens with one attached hydrogen (secondary N) is 2. The smallest absolute Gasteiger partial charge is 0.252 e. The number of amides is 1. The molecule has 0 fully saturated rings. The molecule has 0 saturated heterocycles. The Bertz CT molecular complexity index is 593. The number of furan rings is 1. The molecule has 100 valence electrons. The highest BCUT2D eigenvalue weighted by atomic mass is 35.5. The molecule has 1 aromatic heterocycles. The van der Waals surface area contributed by atoms with Gasteiger partial charge in [0, 0.05) is 12.7 Å². The van der Waals surface area contributed by atoms with E-state index in [9.17, 15) is 4.79 Å². The van der Waals surface area contributed by atoms with Gasteiger partial charge in [0.15, 0.2) is 0 Å². The second-order valence-electron chi connectivity index (χ2n) is 4.15. The van der Waals surface area contributed by atoms with Gasteiger partial charge < -0.3 is 15.1 Å². The van der Waals surface area contributed by atoms with E-state index in [0.717, 1.165) is 17.0 Å². The van der Waals surface area contributed by atoms with E-state index in [1.54, 1.807) is 25.4 Å². The quantitative estimate of drug-likeness (QED) is 0.903. The van der Waals surface area contributed by atoms with E-state index in [0.29, 0.717) is 17.1 Å². The summed E-state index contributed by atoms with van der Waals surface area (Å²) in [6.07, 6.45) is 1.66. The minimum Gasteiger partial charge on any atom is -0.467 e. The largest absolute Gasteiger partial charge is 0.467 e. The fraction of sp³-hybridized carbons (Fsp3) is 0.214. The van der Waals surface area contributed by atoms with Crippen molar-refractivity contribution in [3.8, 4) is 0 Å². The summed E-state index contributed by atoms with van der Waals surface area (Å²) >= 11 is 5.99. The molecular formula is C14H15ClN2O2. The SMILES string of the molecule is CNC(=O)c1cc(NCc2occc2C)ccc1Cl. The van der Waals surface area contributed by atoms with Gasteiger partial charge in [0.25, 0.3) is 5.91 Å². The van der Waals surface area contributed by atoms with Crippen molar-refractivity contribution in [2.75, 3.05) is 12.4 Å². The van der Waals surface area contributed by atoms with Gasteiger partial charge >= 0.3 is 0 Å². The molecule has 0 bridgehead atoms. The van der Waals surface area contributed by atoms with Gasteiger partial charge in [-0.15, -0.1) is 0 Å². The molecule has 1 amide bonds. The highest BCUT2D eigenvalue weighted by Crippen LogP contribution is 2.21. The summed E-state index contributed by atoms with van der Waals surface area (Å²) in [6.45, 7) is 2.55. The van der Waals surface area contributed by atoms with Gasteiger partial charge in [-0.05, 0) is 36.8 Å². The number of anilines is 1. The van der Waals surface area contributed by atoms with Crippen LogP contribution in [-0.4, -0.2) is 13.0 Å². The molecular weight excluding hydrogens is 264 g/mol. The molecule has 0 aliphatic rings. The van der Waals surface area contributed by atoms with Crippen LogP contribution in [0.25, 0.3) is 0 Å². The van der Waals surface area contributed by atoms with Crippen LogP contribution in [0, 0.1) is 6.92 Å². The molecule has 2 N–H and O–H groups in total. The van der Waals surface area contributed by atoms with Gasteiger partial charge in [-0.1, -0.05) is 11.6 Å². The Morgan fingerprint density at radius 2 is 2.16 bits per heavy atom. The summed E-state index contributed by atoms with van der Waals surface area (Å²) in [7, 11) is 1.57. The van der Waals surface area contributed by atoms with Gasteiger partial charge in [0.05, 0.1) is 23.4 Å². The fourth-order valence-corrected chi connectivity index (χ4v) is 1.91. The van der Waals surface area contributed by atoms with Crippen LogP contribution in [0.1, 0.15) is 21.7 Å². The first kappa shape index (κ1) is 13.5. The van der Waals surface area contributed by atoms with Crippen molar-refractivity contribution >= 4 is 23.2 Å². The molecule has 0 unspecified atom stereocenters. The van der Waals surface area contributed by atoms with Gasteiger partial charge in [0.1, 0.15) is 5.76 Å². The van der Waals surface area contributed by atoms with Crippen molar-refractivity contribution in [2.24, 2.45) is 0 Å². The second-order valence-corrected chi connectivity index (χ2v) is 4.56. The zero-order chi connectivity index (χ0) is 13.8. The highest BCUT2D eigenvalue weighted by Gasteiger charge is 2.10. The third-order valence-electron chi connectivity index (χ3n) is 2.86. The zero-order valence-electron chi connectivity index (χ0n) is 10.8. The summed E-state index contributed by atoms with van der Waals surface area (Å²) < 4.78 is 5.34. The predicted octanol–water partition coefficient (Wildman–Crippen LogP) is 3.21. The number of benzene rings is 1.